The van der Waals surface area contributed by atoms with Crippen molar-refractivity contribution in [2.24, 2.45) is 0 Å². The third-order valence-electron chi connectivity index (χ3n) is 4.69. The molecule has 0 aromatic heterocycles. The molecule has 1 unspecified atom stereocenters. The molecule has 1 aliphatic rings. The highest BCUT2D eigenvalue weighted by molar-refractivity contribution is 5.86. The largest absolute Gasteiger partial charge is 0.299 e. The maximum Gasteiger partial charge on any atom is 0.140 e. The summed E-state index contributed by atoms with van der Waals surface area (Å²) in [5, 5.41) is 0. The molecule has 114 valence electrons. The molecule has 1 heteroatoms. The van der Waals surface area contributed by atoms with Crippen LogP contribution in [0.3, 0.4) is 0 Å². The lowest BCUT2D eigenvalue weighted by Gasteiger charge is -2.21. The number of rotatable bonds is 4. The van der Waals surface area contributed by atoms with Gasteiger partial charge in [0.2, 0.25) is 0 Å². The maximum absolute atomic E-state index is 12.0. The SMILES string of the molecule is CCCc1ccc(-c2ccc(C3CCCCC3=O)cc2)cc1. The van der Waals surface area contributed by atoms with E-state index in [0.29, 0.717) is 5.78 Å². The number of carbonyl (C=O) groups excluding carboxylic acids is 1. The predicted molar refractivity (Wildman–Crippen MR) is 92.1 cm³/mol. The fourth-order valence-electron chi connectivity index (χ4n) is 3.40. The van der Waals surface area contributed by atoms with Crippen molar-refractivity contribution in [2.75, 3.05) is 0 Å². The number of ketones is 1. The fraction of sp³-hybridized carbons (Fsp3) is 0.381. The van der Waals surface area contributed by atoms with Crippen molar-refractivity contribution in [3.8, 4) is 11.1 Å². The number of hydrogen-bond acceptors (Lipinski definition) is 1. The molecule has 0 N–H and O–H groups in total. The first kappa shape index (κ1) is 15.0. The van der Waals surface area contributed by atoms with Crippen LogP contribution in [0, 0.1) is 0 Å². The summed E-state index contributed by atoms with van der Waals surface area (Å²) in [4.78, 5) is 12.0. The van der Waals surface area contributed by atoms with Crippen molar-refractivity contribution >= 4 is 5.78 Å². The molecule has 1 nitrogen and oxygen atoms in total. The Morgan fingerprint density at radius 2 is 1.55 bits per heavy atom. The first-order valence-electron chi connectivity index (χ1n) is 8.50. The van der Waals surface area contributed by atoms with Gasteiger partial charge in [-0.1, -0.05) is 68.3 Å². The molecule has 0 saturated heterocycles. The average molecular weight is 292 g/mol. The Morgan fingerprint density at radius 3 is 2.14 bits per heavy atom. The van der Waals surface area contributed by atoms with E-state index in [1.54, 1.807) is 0 Å². The van der Waals surface area contributed by atoms with Gasteiger partial charge in [0, 0.05) is 12.3 Å². The van der Waals surface area contributed by atoms with Crippen LogP contribution in [0.25, 0.3) is 11.1 Å². The number of hydrogen-bond donors (Lipinski definition) is 0. The zero-order valence-corrected chi connectivity index (χ0v) is 13.3. The second-order valence-corrected chi connectivity index (χ2v) is 6.33. The van der Waals surface area contributed by atoms with Crippen LogP contribution >= 0.6 is 0 Å². The molecule has 2 aromatic rings. The van der Waals surface area contributed by atoms with Gasteiger partial charge in [0.25, 0.3) is 0 Å². The Labute approximate surface area is 133 Å². The summed E-state index contributed by atoms with van der Waals surface area (Å²) in [6.45, 7) is 2.21. The lowest BCUT2D eigenvalue weighted by atomic mass is 9.82. The van der Waals surface area contributed by atoms with E-state index in [0.717, 1.165) is 25.7 Å². The highest BCUT2D eigenvalue weighted by Crippen LogP contribution is 2.31. The Balaban J connectivity index is 1.77. The first-order chi connectivity index (χ1) is 10.8. The monoisotopic (exact) mass is 292 g/mol. The van der Waals surface area contributed by atoms with E-state index < -0.39 is 0 Å². The third-order valence-corrected chi connectivity index (χ3v) is 4.69. The molecule has 1 atom stereocenters. The molecular weight excluding hydrogens is 268 g/mol. The van der Waals surface area contributed by atoms with Crippen LogP contribution in [0.15, 0.2) is 48.5 Å². The van der Waals surface area contributed by atoms with Crippen LogP contribution in [0.4, 0.5) is 0 Å². The molecule has 0 heterocycles. The van der Waals surface area contributed by atoms with Gasteiger partial charge in [0.15, 0.2) is 0 Å². The molecule has 0 aliphatic heterocycles. The minimum Gasteiger partial charge on any atom is -0.299 e. The van der Waals surface area contributed by atoms with E-state index in [1.807, 2.05) is 0 Å². The van der Waals surface area contributed by atoms with Gasteiger partial charge in [-0.3, -0.25) is 4.79 Å². The zero-order chi connectivity index (χ0) is 15.4. The number of benzene rings is 2. The second kappa shape index (κ2) is 6.91. The molecule has 0 radical (unpaired) electrons. The molecule has 0 spiro atoms. The Hall–Kier alpha value is -1.89. The lowest BCUT2D eigenvalue weighted by Crippen LogP contribution is -2.16. The average Bonchev–Trinajstić information content (AvgIpc) is 2.57. The van der Waals surface area contributed by atoms with Gasteiger partial charge >= 0.3 is 0 Å². The van der Waals surface area contributed by atoms with Crippen molar-refractivity contribution in [1.29, 1.82) is 0 Å². The van der Waals surface area contributed by atoms with E-state index >= 15 is 0 Å². The minimum atomic E-state index is 0.134. The smallest absolute Gasteiger partial charge is 0.140 e. The standard InChI is InChI=1S/C21H24O/c1-2-5-16-8-10-17(11-9-16)18-12-14-19(15-13-18)20-6-3-4-7-21(20)22/h8-15,20H,2-7H2,1H3. The van der Waals surface area contributed by atoms with Gasteiger partial charge in [-0.15, -0.1) is 0 Å². The maximum atomic E-state index is 12.0. The summed E-state index contributed by atoms with van der Waals surface area (Å²) >= 11 is 0. The summed E-state index contributed by atoms with van der Waals surface area (Å²) in [5.74, 6) is 0.553. The molecule has 3 rings (SSSR count). The molecule has 0 amide bonds. The van der Waals surface area contributed by atoms with Crippen molar-refractivity contribution < 1.29 is 4.79 Å². The van der Waals surface area contributed by atoms with Crippen LogP contribution in [0.2, 0.25) is 0 Å². The van der Waals surface area contributed by atoms with Gasteiger partial charge in [-0.25, -0.2) is 0 Å². The topological polar surface area (TPSA) is 17.1 Å². The minimum absolute atomic E-state index is 0.134. The Morgan fingerprint density at radius 1 is 0.909 bits per heavy atom. The number of Topliss-reactive ketones (excluding diaryl/α,β-unsaturated/α-hetero) is 1. The fourth-order valence-corrected chi connectivity index (χ4v) is 3.40. The summed E-state index contributed by atoms with van der Waals surface area (Å²) < 4.78 is 0. The molecule has 2 aromatic carbocycles. The van der Waals surface area contributed by atoms with Crippen molar-refractivity contribution in [3.05, 3.63) is 59.7 Å². The summed E-state index contributed by atoms with van der Waals surface area (Å²) in [7, 11) is 0. The highest BCUT2D eigenvalue weighted by atomic mass is 16.1. The van der Waals surface area contributed by atoms with Crippen molar-refractivity contribution in [1.82, 2.24) is 0 Å². The Bertz CT molecular complexity index is 622. The lowest BCUT2D eigenvalue weighted by molar-refractivity contribution is -0.121. The van der Waals surface area contributed by atoms with Crippen LogP contribution in [0.5, 0.6) is 0 Å². The van der Waals surface area contributed by atoms with Crippen LogP contribution in [-0.2, 0) is 11.2 Å². The quantitative estimate of drug-likeness (QED) is 0.723. The van der Waals surface area contributed by atoms with E-state index in [9.17, 15) is 4.79 Å². The second-order valence-electron chi connectivity index (χ2n) is 6.33. The van der Waals surface area contributed by atoms with Crippen LogP contribution < -0.4 is 0 Å². The highest BCUT2D eigenvalue weighted by Gasteiger charge is 2.23. The predicted octanol–water partition coefficient (Wildman–Crippen LogP) is 5.53. The molecular formula is C21H24O. The molecule has 1 saturated carbocycles. The molecule has 1 aliphatic carbocycles. The number of aryl methyl sites for hydroxylation is 1. The normalized spacial score (nSPS) is 18.4. The third kappa shape index (κ3) is 3.30. The van der Waals surface area contributed by atoms with E-state index in [-0.39, 0.29) is 5.92 Å². The number of carbonyl (C=O) groups is 1. The van der Waals surface area contributed by atoms with E-state index in [2.05, 4.69) is 55.5 Å². The van der Waals surface area contributed by atoms with Crippen LogP contribution in [0.1, 0.15) is 56.1 Å². The first-order valence-corrected chi connectivity index (χ1v) is 8.50. The van der Waals surface area contributed by atoms with E-state index in [4.69, 9.17) is 0 Å². The molecule has 1 fully saturated rings. The Kier molecular flexibility index (Phi) is 4.72. The van der Waals surface area contributed by atoms with Crippen LogP contribution in [-0.4, -0.2) is 5.78 Å². The van der Waals surface area contributed by atoms with E-state index in [1.165, 1.54) is 35.1 Å². The summed E-state index contributed by atoms with van der Waals surface area (Å²) in [5.41, 5.74) is 5.07. The van der Waals surface area contributed by atoms with Gasteiger partial charge in [0.05, 0.1) is 0 Å². The van der Waals surface area contributed by atoms with Crippen molar-refractivity contribution in [3.63, 3.8) is 0 Å². The zero-order valence-electron chi connectivity index (χ0n) is 13.3. The van der Waals surface area contributed by atoms with Gasteiger partial charge in [0.1, 0.15) is 5.78 Å². The van der Waals surface area contributed by atoms with Gasteiger partial charge < -0.3 is 0 Å². The molecule has 22 heavy (non-hydrogen) atoms. The van der Waals surface area contributed by atoms with Crippen molar-refractivity contribution in [2.45, 2.75) is 51.4 Å². The molecule has 0 bridgehead atoms. The summed E-state index contributed by atoms with van der Waals surface area (Å²) in [6, 6.07) is 17.4. The summed E-state index contributed by atoms with van der Waals surface area (Å²) in [6.07, 6.45) is 6.34. The van der Waals surface area contributed by atoms with Gasteiger partial charge in [-0.2, -0.15) is 0 Å². The van der Waals surface area contributed by atoms with Gasteiger partial charge in [-0.05, 0) is 41.5 Å².